The van der Waals surface area contributed by atoms with Gasteiger partial charge in [0.1, 0.15) is 0 Å². The van der Waals surface area contributed by atoms with Gasteiger partial charge in [0, 0.05) is 0 Å². The number of quaternary nitrogens is 1. The minimum atomic E-state index is -4.42. The van der Waals surface area contributed by atoms with E-state index >= 15 is 0 Å². The maximum atomic E-state index is 9.45. The molecule has 6 heteroatoms. The summed E-state index contributed by atoms with van der Waals surface area (Å²) in [6, 6.07) is 0. The van der Waals surface area contributed by atoms with Crippen LogP contribution in [-0.4, -0.2) is 26.1 Å². The first-order valence-electron chi connectivity index (χ1n) is 7.87. The summed E-state index contributed by atoms with van der Waals surface area (Å²) in [6.07, 6.45) is 14.2. The molecule has 0 aromatic heterocycles. The number of hydrogen-bond acceptors (Lipinski definition) is 4. The van der Waals surface area contributed by atoms with Gasteiger partial charge in [-0.25, -0.2) is 8.42 Å². The van der Waals surface area contributed by atoms with Crippen LogP contribution in [0.5, 0.6) is 0 Å². The minimum absolute atomic E-state index is 0.0914. The molecule has 124 valence electrons. The van der Waals surface area contributed by atoms with Crippen LogP contribution in [0.1, 0.15) is 78.1 Å². The van der Waals surface area contributed by atoms with Crippen LogP contribution in [0.15, 0.2) is 0 Å². The molecule has 0 heterocycles. The van der Waals surface area contributed by atoms with E-state index < -0.39 is 10.4 Å². The summed E-state index contributed by atoms with van der Waals surface area (Å²) >= 11 is 0. The van der Waals surface area contributed by atoms with Crippen molar-refractivity contribution in [1.29, 1.82) is 0 Å². The van der Waals surface area contributed by atoms with Gasteiger partial charge in [0.2, 0.25) is 10.4 Å². The Morgan fingerprint density at radius 2 is 1.25 bits per heavy atom. The average Bonchev–Trinajstić information content (AvgIpc) is 2.36. The predicted molar refractivity (Wildman–Crippen MR) is 80.9 cm³/mol. The predicted octanol–water partition coefficient (Wildman–Crippen LogP) is 2.63. The zero-order valence-corrected chi connectivity index (χ0v) is 14.1. The van der Waals surface area contributed by atoms with E-state index in [1.165, 1.54) is 71.1 Å². The van der Waals surface area contributed by atoms with E-state index in [1.54, 1.807) is 0 Å². The van der Waals surface area contributed by atoms with E-state index in [0.29, 0.717) is 0 Å². The van der Waals surface area contributed by atoms with Crippen molar-refractivity contribution in [2.45, 2.75) is 78.1 Å². The molecule has 0 aliphatic heterocycles. The molecule has 0 unspecified atom stereocenters. The molecule has 0 saturated carbocycles. The van der Waals surface area contributed by atoms with Crippen LogP contribution in [0, 0.1) is 0 Å². The average molecular weight is 311 g/mol. The van der Waals surface area contributed by atoms with Crippen LogP contribution in [0.2, 0.25) is 0 Å². The molecule has 0 bridgehead atoms. The van der Waals surface area contributed by atoms with Gasteiger partial charge in [-0.1, -0.05) is 58.3 Å². The van der Waals surface area contributed by atoms with Crippen molar-refractivity contribution in [1.82, 2.24) is 0 Å². The van der Waals surface area contributed by atoms with Crippen molar-refractivity contribution in [3.63, 3.8) is 0 Å². The Kier molecular flexibility index (Phi) is 18.7. The third-order valence-electron chi connectivity index (χ3n) is 2.87. The van der Waals surface area contributed by atoms with Gasteiger partial charge in [-0.3, -0.25) is 4.18 Å². The zero-order valence-electron chi connectivity index (χ0n) is 13.2. The molecule has 20 heavy (non-hydrogen) atoms. The van der Waals surface area contributed by atoms with Gasteiger partial charge in [-0.2, -0.15) is 0 Å². The highest BCUT2D eigenvalue weighted by atomic mass is 32.3. The summed E-state index contributed by atoms with van der Waals surface area (Å²) in [5.74, 6) is 0. The summed E-state index contributed by atoms with van der Waals surface area (Å²) in [7, 11) is -4.42. The third-order valence-corrected chi connectivity index (χ3v) is 3.39. The Bertz CT molecular complexity index is 258. The highest BCUT2D eigenvalue weighted by Crippen LogP contribution is 2.09. The first-order valence-corrected chi connectivity index (χ1v) is 9.20. The number of rotatable bonds is 12. The summed E-state index contributed by atoms with van der Waals surface area (Å²) in [4.78, 5) is 0. The van der Waals surface area contributed by atoms with Crippen molar-refractivity contribution in [2.24, 2.45) is 0 Å². The molecule has 0 spiro atoms. The molecule has 0 aliphatic rings. The molecule has 0 aliphatic carbocycles. The molecule has 0 rings (SSSR count). The summed E-state index contributed by atoms with van der Waals surface area (Å²) in [5.41, 5.74) is 3.85. The topological polar surface area (TPSA) is 94.1 Å². The van der Waals surface area contributed by atoms with Gasteiger partial charge in [0.15, 0.2) is 0 Å². The van der Waals surface area contributed by atoms with Gasteiger partial charge in [-0.15, -0.1) is 0 Å². The Morgan fingerprint density at radius 1 is 0.850 bits per heavy atom. The van der Waals surface area contributed by atoms with Gasteiger partial charge < -0.3 is 10.3 Å². The minimum Gasteiger partial charge on any atom is -0.726 e. The lowest BCUT2D eigenvalue weighted by atomic mass is 10.1. The molecule has 0 fully saturated rings. The quantitative estimate of drug-likeness (QED) is 0.340. The third kappa shape index (κ3) is 26.4. The van der Waals surface area contributed by atoms with E-state index in [4.69, 9.17) is 0 Å². The van der Waals surface area contributed by atoms with Crippen molar-refractivity contribution >= 4 is 10.4 Å². The maximum Gasteiger partial charge on any atom is 0.217 e. The number of unbranched alkanes of at least 4 members (excludes halogenated alkanes) is 9. The molecule has 0 radical (unpaired) electrons. The fourth-order valence-corrected chi connectivity index (χ4v) is 2.10. The monoisotopic (exact) mass is 311 g/mol. The van der Waals surface area contributed by atoms with E-state index in [9.17, 15) is 13.0 Å². The van der Waals surface area contributed by atoms with Gasteiger partial charge in [0.05, 0.1) is 13.2 Å². The van der Waals surface area contributed by atoms with Gasteiger partial charge in [-0.05, 0) is 19.8 Å². The van der Waals surface area contributed by atoms with E-state index in [-0.39, 0.29) is 6.61 Å². The van der Waals surface area contributed by atoms with Crippen molar-refractivity contribution in [2.75, 3.05) is 13.2 Å². The van der Waals surface area contributed by atoms with Crippen LogP contribution in [0.3, 0.4) is 0 Å². The van der Waals surface area contributed by atoms with E-state index in [1.807, 2.05) is 0 Å². The number of hydrogen-bond donors (Lipinski definition) is 1. The maximum absolute atomic E-state index is 9.45. The van der Waals surface area contributed by atoms with Crippen molar-refractivity contribution in [3.05, 3.63) is 0 Å². The molecule has 5 nitrogen and oxygen atoms in total. The van der Waals surface area contributed by atoms with Crippen LogP contribution in [-0.2, 0) is 14.6 Å². The second-order valence-corrected chi connectivity index (χ2v) is 5.90. The first-order chi connectivity index (χ1) is 9.47. The van der Waals surface area contributed by atoms with Crippen LogP contribution >= 0.6 is 0 Å². The molecule has 0 saturated heterocycles. The molecule has 3 N–H and O–H groups in total. The smallest absolute Gasteiger partial charge is 0.217 e. The Morgan fingerprint density at radius 3 is 1.50 bits per heavy atom. The molecule has 0 atom stereocenters. The van der Waals surface area contributed by atoms with Crippen LogP contribution < -0.4 is 5.73 Å². The van der Waals surface area contributed by atoms with Gasteiger partial charge in [0.25, 0.3) is 0 Å². The normalized spacial score (nSPS) is 11.0. The highest BCUT2D eigenvalue weighted by molar-refractivity contribution is 7.80. The van der Waals surface area contributed by atoms with E-state index in [0.717, 1.165) is 6.54 Å². The second kappa shape index (κ2) is 16.9. The van der Waals surface area contributed by atoms with Gasteiger partial charge >= 0.3 is 0 Å². The molecule has 0 aromatic rings. The molecule has 0 amide bonds. The lowest BCUT2D eigenvalue weighted by molar-refractivity contribution is -0.368. The van der Waals surface area contributed by atoms with Crippen LogP contribution in [0.4, 0.5) is 0 Å². The highest BCUT2D eigenvalue weighted by Gasteiger charge is 1.91. The SMILES string of the molecule is CCCCCCCCCCCC[NH3+].CCOS(=O)(=O)[O-]. The fourth-order valence-electron chi connectivity index (χ4n) is 1.81. The summed E-state index contributed by atoms with van der Waals surface area (Å²) < 4.78 is 32.0. The summed E-state index contributed by atoms with van der Waals surface area (Å²) in [5, 5.41) is 0. The van der Waals surface area contributed by atoms with E-state index in [2.05, 4.69) is 16.8 Å². The Labute approximate surface area is 125 Å². The first kappa shape index (κ1) is 22.1. The van der Waals surface area contributed by atoms with Crippen LogP contribution in [0.25, 0.3) is 0 Å². The van der Waals surface area contributed by atoms with Crippen molar-refractivity contribution < 1.29 is 22.9 Å². The zero-order chi connectivity index (χ0) is 15.7. The molecular weight excluding hydrogens is 278 g/mol. The molecule has 0 aromatic carbocycles. The standard InChI is InChI=1S/C12H27N.C2H6O4S/c1-2-3-4-5-6-7-8-9-10-11-12-13;1-2-6-7(3,4)5/h2-13H2,1H3;2H2,1H3,(H,3,4,5). The second-order valence-electron chi connectivity index (χ2n) is 4.85. The summed E-state index contributed by atoms with van der Waals surface area (Å²) in [6.45, 7) is 4.73. The lowest BCUT2D eigenvalue weighted by Gasteiger charge is -2.02. The fraction of sp³-hybridized carbons (Fsp3) is 1.00. The van der Waals surface area contributed by atoms with Crippen molar-refractivity contribution in [3.8, 4) is 0 Å². The lowest BCUT2D eigenvalue weighted by Crippen LogP contribution is -2.50. The Hall–Kier alpha value is -0.170. The largest absolute Gasteiger partial charge is 0.726 e. The molecular formula is C14H33NO4S. The Balaban J connectivity index is 0.